The van der Waals surface area contributed by atoms with Gasteiger partial charge in [0.05, 0.1) is 24.9 Å². The minimum absolute atomic E-state index is 0.00168. The maximum Gasteiger partial charge on any atom is 0.322 e. The number of rotatable bonds is 6. The summed E-state index contributed by atoms with van der Waals surface area (Å²) in [6, 6.07) is 13.9. The van der Waals surface area contributed by atoms with E-state index in [1.165, 1.54) is 31.2 Å². The average molecular weight is 397 g/mol. The van der Waals surface area contributed by atoms with E-state index in [-0.39, 0.29) is 11.6 Å². The van der Waals surface area contributed by atoms with Gasteiger partial charge in [-0.3, -0.25) is 4.90 Å². The number of anilines is 1. The monoisotopic (exact) mass is 396 g/mol. The number of carbonyl (C=O) groups is 1. The number of nitrogens with one attached hydrogen (secondary N) is 1. The summed E-state index contributed by atoms with van der Waals surface area (Å²) in [5.74, 6) is 2.06. The Morgan fingerprint density at radius 3 is 2.54 bits per heavy atom. The number of methoxy groups -OCH3 is 1. The first-order valence-corrected chi connectivity index (χ1v) is 10.5. The van der Waals surface area contributed by atoms with Crippen molar-refractivity contribution in [2.45, 2.75) is 44.2 Å². The van der Waals surface area contributed by atoms with Crippen LogP contribution in [0.1, 0.15) is 43.2 Å². The molecule has 1 unspecified atom stereocenters. The fourth-order valence-electron chi connectivity index (χ4n) is 4.61. The lowest BCUT2D eigenvalue weighted by molar-refractivity contribution is 0.207. The summed E-state index contributed by atoms with van der Waals surface area (Å²) in [7, 11) is 1.66. The molecule has 1 atom stereocenters. The van der Waals surface area contributed by atoms with E-state index in [1.807, 2.05) is 41.3 Å². The van der Waals surface area contributed by atoms with E-state index in [2.05, 4.69) is 11.4 Å². The van der Waals surface area contributed by atoms with Gasteiger partial charge in [-0.2, -0.15) is 0 Å². The summed E-state index contributed by atoms with van der Waals surface area (Å²) in [6.45, 7) is 0.522. The van der Waals surface area contributed by atoms with Gasteiger partial charge in [0.15, 0.2) is 0 Å². The van der Waals surface area contributed by atoms with Crippen LogP contribution in [0.4, 0.5) is 10.5 Å². The zero-order valence-electron chi connectivity index (χ0n) is 16.1. The van der Waals surface area contributed by atoms with Crippen LogP contribution in [0.3, 0.4) is 0 Å². The third-order valence-electron chi connectivity index (χ3n) is 6.39. The third kappa shape index (κ3) is 3.14. The Morgan fingerprint density at radius 2 is 1.89 bits per heavy atom. The molecule has 2 amide bonds. The molecule has 5 rings (SSSR count). The van der Waals surface area contributed by atoms with Gasteiger partial charge in [-0.25, -0.2) is 4.79 Å². The number of ether oxygens (including phenoxy) is 1. The standard InChI is InChI=1S/C23H25ClN2O2/c1-28-19-9-4-16(5-10-19)14-26-21-11-8-18(24)12-20(21)23(17-6-7-17,25-22(26)27)13-15-2-3-15/h4-5,8-12,15,17H,2-3,6-7,13-14H2,1H3,(H,25,27). The minimum atomic E-state index is -0.255. The lowest BCUT2D eigenvalue weighted by Gasteiger charge is -2.45. The molecule has 0 spiro atoms. The van der Waals surface area contributed by atoms with Crippen molar-refractivity contribution in [1.29, 1.82) is 0 Å². The quantitative estimate of drug-likeness (QED) is 0.702. The molecule has 2 saturated carbocycles. The van der Waals surface area contributed by atoms with E-state index in [9.17, 15) is 4.79 Å². The summed E-state index contributed by atoms with van der Waals surface area (Å²) in [4.78, 5) is 15.1. The van der Waals surface area contributed by atoms with Crippen molar-refractivity contribution in [1.82, 2.24) is 5.32 Å². The molecule has 1 N–H and O–H groups in total. The number of urea groups is 1. The average Bonchev–Trinajstić information content (AvgIpc) is 3.59. The van der Waals surface area contributed by atoms with Gasteiger partial charge < -0.3 is 10.1 Å². The van der Waals surface area contributed by atoms with Crippen molar-refractivity contribution in [2.75, 3.05) is 12.0 Å². The highest BCUT2D eigenvalue weighted by Gasteiger charge is 2.54. The van der Waals surface area contributed by atoms with Crippen molar-refractivity contribution in [2.24, 2.45) is 11.8 Å². The molecular weight excluding hydrogens is 372 g/mol. The summed E-state index contributed by atoms with van der Waals surface area (Å²) in [5, 5.41) is 4.18. The molecule has 1 aliphatic heterocycles. The van der Waals surface area contributed by atoms with Crippen LogP contribution >= 0.6 is 11.6 Å². The molecule has 0 radical (unpaired) electrons. The van der Waals surface area contributed by atoms with Crippen molar-refractivity contribution in [3.63, 3.8) is 0 Å². The van der Waals surface area contributed by atoms with Crippen LogP contribution in [0.15, 0.2) is 42.5 Å². The highest BCUT2D eigenvalue weighted by atomic mass is 35.5. The number of hydrogen-bond acceptors (Lipinski definition) is 2. The molecule has 28 heavy (non-hydrogen) atoms. The first-order chi connectivity index (χ1) is 13.6. The maximum absolute atomic E-state index is 13.3. The molecule has 2 aliphatic carbocycles. The second-order valence-electron chi connectivity index (χ2n) is 8.42. The minimum Gasteiger partial charge on any atom is -0.497 e. The highest BCUT2D eigenvalue weighted by Crippen LogP contribution is 2.56. The first kappa shape index (κ1) is 17.9. The van der Waals surface area contributed by atoms with Gasteiger partial charge in [-0.05, 0) is 67.0 Å². The SMILES string of the molecule is COc1ccc(CN2C(=O)NC(CC3CC3)(C3CC3)c3cc(Cl)ccc32)cc1. The molecule has 0 saturated heterocycles. The Kier molecular flexibility index (Phi) is 4.27. The van der Waals surface area contributed by atoms with Gasteiger partial charge >= 0.3 is 6.03 Å². The normalized spacial score (nSPS) is 23.9. The molecule has 2 aromatic rings. The number of amides is 2. The van der Waals surface area contributed by atoms with Gasteiger partial charge in [-0.1, -0.05) is 36.6 Å². The van der Waals surface area contributed by atoms with Crippen LogP contribution in [-0.4, -0.2) is 13.1 Å². The van der Waals surface area contributed by atoms with Gasteiger partial charge in [-0.15, -0.1) is 0 Å². The van der Waals surface area contributed by atoms with Crippen LogP contribution in [0, 0.1) is 11.8 Å². The summed E-state index contributed by atoms with van der Waals surface area (Å²) >= 11 is 6.41. The lowest BCUT2D eigenvalue weighted by Crippen LogP contribution is -2.57. The number of hydrogen-bond donors (Lipinski definition) is 1. The Bertz CT molecular complexity index is 905. The fraction of sp³-hybridized carbons (Fsp3) is 0.435. The number of benzene rings is 2. The van der Waals surface area contributed by atoms with Crippen LogP contribution in [0.5, 0.6) is 5.75 Å². The molecule has 0 bridgehead atoms. The van der Waals surface area contributed by atoms with Gasteiger partial charge in [0, 0.05) is 10.6 Å². The lowest BCUT2D eigenvalue weighted by atomic mass is 9.78. The van der Waals surface area contributed by atoms with E-state index in [1.54, 1.807) is 7.11 Å². The highest BCUT2D eigenvalue weighted by molar-refractivity contribution is 6.30. The van der Waals surface area contributed by atoms with Crippen molar-refractivity contribution < 1.29 is 9.53 Å². The topological polar surface area (TPSA) is 41.6 Å². The first-order valence-electron chi connectivity index (χ1n) is 10.1. The predicted molar refractivity (Wildman–Crippen MR) is 111 cm³/mol. The summed E-state index contributed by atoms with van der Waals surface area (Å²) < 4.78 is 5.25. The zero-order valence-corrected chi connectivity index (χ0v) is 16.8. The summed E-state index contributed by atoms with van der Waals surface area (Å²) in [5.41, 5.74) is 3.01. The van der Waals surface area contributed by atoms with Crippen LogP contribution < -0.4 is 15.0 Å². The van der Waals surface area contributed by atoms with Crippen molar-refractivity contribution >= 4 is 23.3 Å². The molecule has 2 fully saturated rings. The zero-order chi connectivity index (χ0) is 19.3. The fourth-order valence-corrected chi connectivity index (χ4v) is 4.78. The molecule has 146 valence electrons. The molecule has 3 aliphatic rings. The number of fused-ring (bicyclic) bond motifs is 1. The maximum atomic E-state index is 13.3. The van der Waals surface area contributed by atoms with E-state index in [4.69, 9.17) is 16.3 Å². The molecule has 5 heteroatoms. The molecular formula is C23H25ClN2O2. The van der Waals surface area contributed by atoms with Crippen LogP contribution in [0.2, 0.25) is 5.02 Å². The Balaban J connectivity index is 1.53. The van der Waals surface area contributed by atoms with Gasteiger partial charge in [0.25, 0.3) is 0 Å². The van der Waals surface area contributed by atoms with Gasteiger partial charge in [0.1, 0.15) is 5.75 Å². The molecule has 0 aromatic heterocycles. The van der Waals surface area contributed by atoms with E-state index in [0.717, 1.165) is 34.4 Å². The molecule has 1 heterocycles. The molecule has 4 nitrogen and oxygen atoms in total. The second kappa shape index (κ2) is 6.70. The molecule has 2 aromatic carbocycles. The Morgan fingerprint density at radius 1 is 1.14 bits per heavy atom. The largest absolute Gasteiger partial charge is 0.497 e. The number of carbonyl (C=O) groups excluding carboxylic acids is 1. The van der Waals surface area contributed by atoms with Crippen LogP contribution in [-0.2, 0) is 12.1 Å². The summed E-state index contributed by atoms with van der Waals surface area (Å²) in [6.07, 6.45) is 5.94. The van der Waals surface area contributed by atoms with E-state index < -0.39 is 0 Å². The van der Waals surface area contributed by atoms with E-state index >= 15 is 0 Å². The smallest absolute Gasteiger partial charge is 0.322 e. The number of nitrogens with zero attached hydrogens (tertiary/aromatic N) is 1. The van der Waals surface area contributed by atoms with Gasteiger partial charge in [0.2, 0.25) is 0 Å². The van der Waals surface area contributed by atoms with Crippen molar-refractivity contribution in [3.8, 4) is 5.75 Å². The number of halogens is 1. The van der Waals surface area contributed by atoms with E-state index in [0.29, 0.717) is 12.5 Å². The third-order valence-corrected chi connectivity index (χ3v) is 6.62. The van der Waals surface area contributed by atoms with Crippen molar-refractivity contribution in [3.05, 3.63) is 58.6 Å². The second-order valence-corrected chi connectivity index (χ2v) is 8.86. The predicted octanol–water partition coefficient (Wildman–Crippen LogP) is 5.48. The Hall–Kier alpha value is -2.20. The van der Waals surface area contributed by atoms with Crippen LogP contribution in [0.25, 0.3) is 0 Å². The Labute approximate surface area is 170 Å².